The standard InChI is InChI=1S/C19H21N3O/c23-13-18-11-17-4-1-3-16(5-2-9-21-10-8-20-14-21)19(17)22(18)12-15-6-7-15/h1-5,8,10-11,14-15,23H,6-7,9,12-13H2. The molecule has 0 spiro atoms. The van der Waals surface area contributed by atoms with E-state index < -0.39 is 0 Å². The Morgan fingerprint density at radius 1 is 1.30 bits per heavy atom. The maximum Gasteiger partial charge on any atom is 0.0948 e. The highest BCUT2D eigenvalue weighted by atomic mass is 16.3. The molecule has 1 aromatic carbocycles. The van der Waals surface area contributed by atoms with E-state index in [0.29, 0.717) is 0 Å². The van der Waals surface area contributed by atoms with Crippen molar-refractivity contribution < 1.29 is 5.11 Å². The first kappa shape index (κ1) is 14.3. The Morgan fingerprint density at radius 3 is 2.96 bits per heavy atom. The number of rotatable bonds is 6. The predicted octanol–water partition coefficient (Wildman–Crippen LogP) is 3.45. The minimum atomic E-state index is 0.0968. The van der Waals surface area contributed by atoms with Crippen molar-refractivity contribution in [2.45, 2.75) is 32.5 Å². The Kier molecular flexibility index (Phi) is 3.75. The number of hydrogen-bond acceptors (Lipinski definition) is 2. The molecule has 0 radical (unpaired) electrons. The summed E-state index contributed by atoms with van der Waals surface area (Å²) in [5, 5.41) is 10.9. The first-order valence-electron chi connectivity index (χ1n) is 8.19. The highest BCUT2D eigenvalue weighted by molar-refractivity contribution is 5.89. The van der Waals surface area contributed by atoms with Gasteiger partial charge in [0.25, 0.3) is 0 Å². The van der Waals surface area contributed by atoms with E-state index in [1.807, 2.05) is 17.1 Å². The first-order valence-corrected chi connectivity index (χ1v) is 8.19. The number of allylic oxidation sites excluding steroid dienone is 1. The van der Waals surface area contributed by atoms with E-state index in [0.717, 1.165) is 24.7 Å². The maximum absolute atomic E-state index is 9.70. The molecule has 1 N–H and O–H groups in total. The van der Waals surface area contributed by atoms with Crippen molar-refractivity contribution in [3.05, 3.63) is 60.3 Å². The summed E-state index contributed by atoms with van der Waals surface area (Å²) in [5.41, 5.74) is 3.47. The van der Waals surface area contributed by atoms with Crippen molar-refractivity contribution in [3.63, 3.8) is 0 Å². The van der Waals surface area contributed by atoms with Gasteiger partial charge in [-0.3, -0.25) is 0 Å². The van der Waals surface area contributed by atoms with E-state index in [1.165, 1.54) is 29.3 Å². The van der Waals surface area contributed by atoms with Crippen LogP contribution in [-0.2, 0) is 19.7 Å². The summed E-state index contributed by atoms with van der Waals surface area (Å²) in [7, 11) is 0. The number of aromatic nitrogens is 3. The van der Waals surface area contributed by atoms with E-state index in [-0.39, 0.29) is 6.61 Å². The molecule has 0 saturated heterocycles. The van der Waals surface area contributed by atoms with Crippen molar-refractivity contribution in [1.82, 2.24) is 14.1 Å². The van der Waals surface area contributed by atoms with Crippen LogP contribution in [0.4, 0.5) is 0 Å². The number of hydrogen-bond donors (Lipinski definition) is 1. The highest BCUT2D eigenvalue weighted by Gasteiger charge is 2.24. The van der Waals surface area contributed by atoms with Crippen LogP contribution in [-0.4, -0.2) is 19.2 Å². The summed E-state index contributed by atoms with van der Waals surface area (Å²) in [6, 6.07) is 8.48. The second-order valence-corrected chi connectivity index (χ2v) is 6.29. The van der Waals surface area contributed by atoms with Gasteiger partial charge in [-0.25, -0.2) is 4.98 Å². The van der Waals surface area contributed by atoms with Gasteiger partial charge in [0.2, 0.25) is 0 Å². The molecule has 1 saturated carbocycles. The lowest BCUT2D eigenvalue weighted by molar-refractivity contribution is 0.270. The van der Waals surface area contributed by atoms with Crippen LogP contribution in [0.25, 0.3) is 17.0 Å². The molecule has 23 heavy (non-hydrogen) atoms. The molecule has 0 atom stereocenters. The SMILES string of the molecule is OCc1cc2cccc(C=CCn3ccnc3)c2n1CC1CC1. The lowest BCUT2D eigenvalue weighted by atomic mass is 10.1. The number of aliphatic hydroxyl groups excluding tert-OH is 1. The minimum Gasteiger partial charge on any atom is -0.390 e. The molecule has 1 aliphatic rings. The smallest absolute Gasteiger partial charge is 0.0948 e. The molecular weight excluding hydrogens is 286 g/mol. The van der Waals surface area contributed by atoms with Gasteiger partial charge in [-0.2, -0.15) is 0 Å². The van der Waals surface area contributed by atoms with Gasteiger partial charge in [0.15, 0.2) is 0 Å². The predicted molar refractivity (Wildman–Crippen MR) is 91.8 cm³/mol. The lowest BCUT2D eigenvalue weighted by Gasteiger charge is -2.10. The van der Waals surface area contributed by atoms with E-state index in [2.05, 4.69) is 46.0 Å². The third-order valence-corrected chi connectivity index (χ3v) is 4.51. The number of nitrogens with zero attached hydrogens (tertiary/aromatic N) is 3. The van der Waals surface area contributed by atoms with Gasteiger partial charge >= 0.3 is 0 Å². The fraction of sp³-hybridized carbons (Fsp3) is 0.316. The van der Waals surface area contributed by atoms with Crippen LogP contribution in [0.2, 0.25) is 0 Å². The average molecular weight is 307 g/mol. The second-order valence-electron chi connectivity index (χ2n) is 6.29. The Hall–Kier alpha value is -2.33. The van der Waals surface area contributed by atoms with Crippen LogP contribution in [0.5, 0.6) is 0 Å². The normalized spacial score (nSPS) is 15.0. The third kappa shape index (κ3) is 2.94. The summed E-state index contributed by atoms with van der Waals surface area (Å²) in [6.07, 6.45) is 12.5. The third-order valence-electron chi connectivity index (χ3n) is 4.51. The second kappa shape index (κ2) is 6.05. The van der Waals surface area contributed by atoms with Gasteiger partial charge in [-0.1, -0.05) is 30.4 Å². The molecule has 0 aliphatic heterocycles. The van der Waals surface area contributed by atoms with Crippen molar-refractivity contribution >= 4 is 17.0 Å². The highest BCUT2D eigenvalue weighted by Crippen LogP contribution is 2.34. The fourth-order valence-corrected chi connectivity index (χ4v) is 3.14. The average Bonchev–Trinajstić information content (AvgIpc) is 3.09. The van der Waals surface area contributed by atoms with Crippen molar-refractivity contribution in [1.29, 1.82) is 0 Å². The molecule has 118 valence electrons. The maximum atomic E-state index is 9.70. The molecule has 4 heteroatoms. The number of aliphatic hydroxyl groups is 1. The van der Waals surface area contributed by atoms with Crippen molar-refractivity contribution in [3.8, 4) is 0 Å². The Morgan fingerprint density at radius 2 is 2.22 bits per heavy atom. The van der Waals surface area contributed by atoms with E-state index in [4.69, 9.17) is 0 Å². The summed E-state index contributed by atoms with van der Waals surface area (Å²) in [4.78, 5) is 4.06. The van der Waals surface area contributed by atoms with E-state index >= 15 is 0 Å². The zero-order chi connectivity index (χ0) is 15.6. The molecular formula is C19H21N3O. The summed E-state index contributed by atoms with van der Waals surface area (Å²) >= 11 is 0. The van der Waals surface area contributed by atoms with Gasteiger partial charge < -0.3 is 14.2 Å². The summed E-state index contributed by atoms with van der Waals surface area (Å²) in [6.45, 7) is 1.93. The van der Waals surface area contributed by atoms with Crippen LogP contribution in [0.15, 0.2) is 49.1 Å². The quantitative estimate of drug-likeness (QED) is 0.758. The monoisotopic (exact) mass is 307 g/mol. The van der Waals surface area contributed by atoms with Crippen LogP contribution >= 0.6 is 0 Å². The number of imidazole rings is 1. The van der Waals surface area contributed by atoms with Gasteiger partial charge in [-0.05, 0) is 30.4 Å². The largest absolute Gasteiger partial charge is 0.390 e. The molecule has 0 amide bonds. The topological polar surface area (TPSA) is 43.0 Å². The van der Waals surface area contributed by atoms with E-state index in [1.54, 1.807) is 6.20 Å². The molecule has 0 bridgehead atoms. The molecule has 1 aliphatic carbocycles. The molecule has 4 nitrogen and oxygen atoms in total. The van der Waals surface area contributed by atoms with Gasteiger partial charge in [0.1, 0.15) is 0 Å². The van der Waals surface area contributed by atoms with Crippen molar-refractivity contribution in [2.24, 2.45) is 5.92 Å². The first-order chi connectivity index (χ1) is 11.3. The Balaban J connectivity index is 1.70. The van der Waals surface area contributed by atoms with Crippen LogP contribution in [0.3, 0.4) is 0 Å². The molecule has 1 fully saturated rings. The molecule has 3 aromatic rings. The zero-order valence-electron chi connectivity index (χ0n) is 13.1. The van der Waals surface area contributed by atoms with Gasteiger partial charge in [-0.15, -0.1) is 0 Å². The Labute approximate surface area is 135 Å². The number of benzene rings is 1. The summed E-state index contributed by atoms with van der Waals surface area (Å²) < 4.78 is 4.35. The van der Waals surface area contributed by atoms with Crippen LogP contribution in [0.1, 0.15) is 24.1 Å². The van der Waals surface area contributed by atoms with E-state index in [9.17, 15) is 5.11 Å². The Bertz CT molecular complexity index is 826. The molecule has 2 aromatic heterocycles. The summed E-state index contributed by atoms with van der Waals surface area (Å²) in [5.74, 6) is 0.777. The lowest BCUT2D eigenvalue weighted by Crippen LogP contribution is -2.05. The minimum absolute atomic E-state index is 0.0968. The number of fused-ring (bicyclic) bond motifs is 1. The molecule has 4 rings (SSSR count). The zero-order valence-corrected chi connectivity index (χ0v) is 13.1. The van der Waals surface area contributed by atoms with Crippen LogP contribution < -0.4 is 0 Å². The molecule has 0 unspecified atom stereocenters. The van der Waals surface area contributed by atoms with Gasteiger partial charge in [0, 0.05) is 36.6 Å². The van der Waals surface area contributed by atoms with Crippen LogP contribution in [0, 0.1) is 5.92 Å². The van der Waals surface area contributed by atoms with Crippen molar-refractivity contribution in [2.75, 3.05) is 0 Å². The van der Waals surface area contributed by atoms with Gasteiger partial charge in [0.05, 0.1) is 18.5 Å². The molecule has 2 heterocycles. The fourth-order valence-electron chi connectivity index (χ4n) is 3.14. The number of para-hydroxylation sites is 1.